The predicted octanol–water partition coefficient (Wildman–Crippen LogP) is 2.25. The molecule has 9 heteroatoms. The minimum Gasteiger partial charge on any atom is -0.338 e. The average molecular weight is 466 g/mol. The molecule has 2 saturated heterocycles. The first-order valence-corrected chi connectivity index (χ1v) is 12.2. The Morgan fingerprint density at radius 1 is 1.03 bits per heavy atom. The predicted molar refractivity (Wildman–Crippen MR) is 123 cm³/mol. The zero-order valence-electron chi connectivity index (χ0n) is 19.8. The molecule has 0 unspecified atom stereocenters. The molecule has 3 heterocycles. The lowest BCUT2D eigenvalue weighted by Gasteiger charge is -2.36. The summed E-state index contributed by atoms with van der Waals surface area (Å²) in [6, 6.07) is 7.23. The van der Waals surface area contributed by atoms with Crippen molar-refractivity contribution < 1.29 is 18.9 Å². The Morgan fingerprint density at radius 3 is 2.26 bits per heavy atom. The van der Waals surface area contributed by atoms with E-state index in [1.165, 1.54) is 10.5 Å². The third-order valence-corrected chi connectivity index (χ3v) is 7.44. The summed E-state index contributed by atoms with van der Waals surface area (Å²) in [5.41, 5.74) is 2.09. The summed E-state index contributed by atoms with van der Waals surface area (Å²) in [6.07, 6.45) is 3.47. The van der Waals surface area contributed by atoms with E-state index in [0.29, 0.717) is 44.4 Å². The molecule has 0 radical (unpaired) electrons. The molecule has 3 atom stereocenters. The van der Waals surface area contributed by atoms with Gasteiger partial charge in [-0.15, -0.1) is 0 Å². The molecule has 1 aromatic carbocycles. The summed E-state index contributed by atoms with van der Waals surface area (Å²) in [5.74, 6) is 0.183. The van der Waals surface area contributed by atoms with E-state index in [4.69, 9.17) is 4.52 Å². The second-order valence-electron chi connectivity index (χ2n) is 9.70. The molecule has 0 N–H and O–H groups in total. The molecule has 3 aliphatic rings. The molecule has 0 spiro atoms. The van der Waals surface area contributed by atoms with Gasteiger partial charge >= 0.3 is 0 Å². The fourth-order valence-corrected chi connectivity index (χ4v) is 5.40. The number of carbonyl (C=O) groups excluding carboxylic acids is 3. The van der Waals surface area contributed by atoms with Gasteiger partial charge in [-0.1, -0.05) is 47.8 Å². The Morgan fingerprint density at radius 2 is 1.65 bits per heavy atom. The highest BCUT2D eigenvalue weighted by Crippen LogP contribution is 2.39. The first-order chi connectivity index (χ1) is 16.4. The number of likely N-dealkylation sites (tertiary alicyclic amines) is 1. The van der Waals surface area contributed by atoms with Gasteiger partial charge in [-0.3, -0.25) is 24.2 Å². The van der Waals surface area contributed by atoms with Crippen LogP contribution in [0.5, 0.6) is 0 Å². The van der Waals surface area contributed by atoms with E-state index < -0.39 is 6.04 Å². The number of rotatable bonds is 5. The Balaban J connectivity index is 1.15. The maximum absolute atomic E-state index is 13.2. The summed E-state index contributed by atoms with van der Waals surface area (Å²) >= 11 is 0. The fourth-order valence-electron chi connectivity index (χ4n) is 5.40. The molecule has 5 rings (SSSR count). The third kappa shape index (κ3) is 4.24. The zero-order chi connectivity index (χ0) is 23.8. The largest absolute Gasteiger partial charge is 0.338 e. The van der Waals surface area contributed by atoms with Crippen LogP contribution >= 0.6 is 0 Å². The van der Waals surface area contributed by atoms with Crippen LogP contribution in [0.2, 0.25) is 0 Å². The number of hydrogen-bond donors (Lipinski definition) is 0. The van der Waals surface area contributed by atoms with E-state index in [2.05, 4.69) is 15.0 Å². The van der Waals surface area contributed by atoms with Gasteiger partial charge in [-0.25, -0.2) is 0 Å². The van der Waals surface area contributed by atoms with Crippen LogP contribution < -0.4 is 0 Å². The fraction of sp³-hybridized carbons (Fsp3) is 0.560. The van der Waals surface area contributed by atoms with Gasteiger partial charge in [0.15, 0.2) is 0 Å². The van der Waals surface area contributed by atoms with Gasteiger partial charge in [0, 0.05) is 31.7 Å². The van der Waals surface area contributed by atoms with E-state index in [1.807, 2.05) is 31.2 Å². The van der Waals surface area contributed by atoms with Crippen molar-refractivity contribution in [3.63, 3.8) is 0 Å². The SMILES string of the molecule is Cc1ccc(-c2noc(CN3CCN(C(=O)[C@@H](C)N4C(=O)[C@H]5CCCC[C@H]5C4=O)CC3)n2)cc1. The summed E-state index contributed by atoms with van der Waals surface area (Å²) in [5, 5.41) is 4.09. The van der Waals surface area contributed by atoms with Crippen LogP contribution in [0.1, 0.15) is 44.1 Å². The zero-order valence-corrected chi connectivity index (χ0v) is 19.8. The molecule has 0 bridgehead atoms. The lowest BCUT2D eigenvalue weighted by Crippen LogP contribution is -2.55. The van der Waals surface area contributed by atoms with Crippen LogP contribution in [0.15, 0.2) is 28.8 Å². The quantitative estimate of drug-likeness (QED) is 0.625. The highest BCUT2D eigenvalue weighted by Gasteiger charge is 2.51. The number of hydrogen-bond acceptors (Lipinski definition) is 7. The Labute approximate surface area is 199 Å². The van der Waals surface area contributed by atoms with Gasteiger partial charge in [0.05, 0.1) is 18.4 Å². The van der Waals surface area contributed by atoms with E-state index in [1.54, 1.807) is 11.8 Å². The van der Waals surface area contributed by atoms with Crippen LogP contribution in [-0.2, 0) is 20.9 Å². The number of aryl methyl sites for hydroxylation is 1. The number of carbonyl (C=O) groups is 3. The number of aromatic nitrogens is 2. The Kier molecular flexibility index (Phi) is 6.20. The molecule has 2 aromatic rings. The highest BCUT2D eigenvalue weighted by atomic mass is 16.5. The summed E-state index contributed by atoms with van der Waals surface area (Å²) in [4.78, 5) is 48.6. The summed E-state index contributed by atoms with van der Waals surface area (Å²) in [7, 11) is 0. The maximum Gasteiger partial charge on any atom is 0.245 e. The molecular weight excluding hydrogens is 434 g/mol. The van der Waals surface area contributed by atoms with Crippen molar-refractivity contribution in [3.05, 3.63) is 35.7 Å². The Hall–Kier alpha value is -3.07. The van der Waals surface area contributed by atoms with Crippen molar-refractivity contribution in [2.24, 2.45) is 11.8 Å². The van der Waals surface area contributed by atoms with Crippen molar-refractivity contribution in [2.75, 3.05) is 26.2 Å². The van der Waals surface area contributed by atoms with Crippen LogP contribution in [0.3, 0.4) is 0 Å². The van der Waals surface area contributed by atoms with Gasteiger partial charge in [-0.05, 0) is 26.7 Å². The number of benzene rings is 1. The molecule has 1 saturated carbocycles. The monoisotopic (exact) mass is 465 g/mol. The van der Waals surface area contributed by atoms with Crippen LogP contribution in [-0.4, -0.2) is 74.8 Å². The lowest BCUT2D eigenvalue weighted by molar-refractivity contribution is -0.151. The Bertz CT molecular complexity index is 1050. The second kappa shape index (κ2) is 9.29. The van der Waals surface area contributed by atoms with E-state index >= 15 is 0 Å². The highest BCUT2D eigenvalue weighted by molar-refractivity contribution is 6.08. The number of nitrogens with zero attached hydrogens (tertiary/aromatic N) is 5. The first-order valence-electron chi connectivity index (χ1n) is 12.2. The van der Waals surface area contributed by atoms with Crippen molar-refractivity contribution >= 4 is 17.7 Å². The van der Waals surface area contributed by atoms with Crippen molar-refractivity contribution in [3.8, 4) is 11.4 Å². The van der Waals surface area contributed by atoms with E-state index in [0.717, 1.165) is 31.2 Å². The third-order valence-electron chi connectivity index (χ3n) is 7.44. The molecule has 3 fully saturated rings. The molecule has 9 nitrogen and oxygen atoms in total. The molecular formula is C25H31N5O4. The van der Waals surface area contributed by atoms with Crippen molar-refractivity contribution in [2.45, 2.75) is 52.1 Å². The van der Waals surface area contributed by atoms with Gasteiger partial charge in [-0.2, -0.15) is 4.98 Å². The van der Waals surface area contributed by atoms with Crippen LogP contribution in [0.25, 0.3) is 11.4 Å². The molecule has 34 heavy (non-hydrogen) atoms. The van der Waals surface area contributed by atoms with Gasteiger partial charge in [0.1, 0.15) is 6.04 Å². The van der Waals surface area contributed by atoms with Gasteiger partial charge < -0.3 is 9.42 Å². The van der Waals surface area contributed by atoms with E-state index in [9.17, 15) is 14.4 Å². The number of piperazine rings is 1. The standard InChI is InChI=1S/C25H31N5O4/c1-16-7-9-18(10-8-16)22-26-21(34-27-22)15-28-11-13-29(14-12-28)23(31)17(2)30-24(32)19-5-3-4-6-20(19)25(30)33/h7-10,17,19-20H,3-6,11-15H2,1-2H3/t17-,19-,20+/m1/s1. The molecule has 3 amide bonds. The molecule has 1 aromatic heterocycles. The maximum atomic E-state index is 13.2. The van der Waals surface area contributed by atoms with Crippen LogP contribution in [0.4, 0.5) is 0 Å². The van der Waals surface area contributed by atoms with E-state index in [-0.39, 0.29) is 29.6 Å². The minimum absolute atomic E-state index is 0.153. The normalized spacial score (nSPS) is 24.4. The molecule has 1 aliphatic carbocycles. The average Bonchev–Trinajstić information content (AvgIpc) is 3.42. The van der Waals surface area contributed by atoms with Crippen molar-refractivity contribution in [1.29, 1.82) is 0 Å². The molecule has 180 valence electrons. The number of amides is 3. The first kappa shape index (κ1) is 22.7. The topological polar surface area (TPSA) is 99.9 Å². The number of imide groups is 1. The van der Waals surface area contributed by atoms with Crippen molar-refractivity contribution in [1.82, 2.24) is 24.8 Å². The smallest absolute Gasteiger partial charge is 0.245 e. The van der Waals surface area contributed by atoms with Crippen LogP contribution in [0, 0.1) is 18.8 Å². The molecule has 2 aliphatic heterocycles. The second-order valence-corrected chi connectivity index (χ2v) is 9.70. The minimum atomic E-state index is -0.745. The van der Waals surface area contributed by atoms with Gasteiger partial charge in [0.2, 0.25) is 29.4 Å². The lowest BCUT2D eigenvalue weighted by atomic mass is 9.81. The van der Waals surface area contributed by atoms with Gasteiger partial charge in [0.25, 0.3) is 0 Å². The summed E-state index contributed by atoms with van der Waals surface area (Å²) in [6.45, 7) is 6.62. The number of fused-ring (bicyclic) bond motifs is 1. The summed E-state index contributed by atoms with van der Waals surface area (Å²) < 4.78 is 5.44.